The number of aromatic nitrogens is 3. The highest BCUT2D eigenvalue weighted by atomic mass is 35.5. The summed E-state index contributed by atoms with van der Waals surface area (Å²) in [5.74, 6) is 0.572. The molecule has 0 saturated carbocycles. The minimum absolute atomic E-state index is 0.0235. The number of hydrogen-bond acceptors (Lipinski definition) is 6. The van der Waals surface area contributed by atoms with Gasteiger partial charge in [0, 0.05) is 42.2 Å². The Hall–Kier alpha value is -3.40. The van der Waals surface area contributed by atoms with Gasteiger partial charge in [0.1, 0.15) is 20.3 Å². The van der Waals surface area contributed by atoms with Gasteiger partial charge in [-0.25, -0.2) is 4.98 Å². The monoisotopic (exact) mass is 477 g/mol. The standard InChI is InChI=1S/C24H25BClN5O3/c1-33-9-10-34-15-23(32)29-17-6-4-5-16(11-17)13-27-22-12-21(18-7-2-3-8-20(18)26)30-24-19(25)14-28-31(22)24/h2-8,11-12,14,27H,9-10,13,15,25H2,1H3,(H,29,32). The van der Waals surface area contributed by atoms with Crippen molar-refractivity contribution in [3.63, 3.8) is 0 Å². The van der Waals surface area contributed by atoms with Crippen molar-refractivity contribution < 1.29 is 14.3 Å². The number of halogens is 1. The van der Waals surface area contributed by atoms with Crippen LogP contribution < -0.4 is 16.1 Å². The first-order valence-electron chi connectivity index (χ1n) is 10.8. The zero-order valence-corrected chi connectivity index (χ0v) is 19.8. The minimum atomic E-state index is -0.214. The number of methoxy groups -OCH3 is 1. The predicted octanol–water partition coefficient (Wildman–Crippen LogP) is 2.52. The van der Waals surface area contributed by atoms with Crippen LogP contribution in [0.4, 0.5) is 11.5 Å². The lowest BCUT2D eigenvalue weighted by Crippen LogP contribution is -2.19. The van der Waals surface area contributed by atoms with Crippen LogP contribution >= 0.6 is 11.6 Å². The van der Waals surface area contributed by atoms with Crippen molar-refractivity contribution in [3.05, 3.63) is 71.4 Å². The summed E-state index contributed by atoms with van der Waals surface area (Å²) < 4.78 is 12.0. The summed E-state index contributed by atoms with van der Waals surface area (Å²) in [6.45, 7) is 1.32. The van der Waals surface area contributed by atoms with E-state index >= 15 is 0 Å². The van der Waals surface area contributed by atoms with E-state index in [0.29, 0.717) is 30.5 Å². The molecule has 0 spiro atoms. The molecule has 0 aliphatic carbocycles. The van der Waals surface area contributed by atoms with Crippen molar-refractivity contribution in [2.24, 2.45) is 0 Å². The van der Waals surface area contributed by atoms with Crippen LogP contribution in [0.2, 0.25) is 5.02 Å². The molecule has 174 valence electrons. The number of anilines is 2. The summed E-state index contributed by atoms with van der Waals surface area (Å²) in [6, 6.07) is 17.2. The maximum Gasteiger partial charge on any atom is 0.250 e. The third kappa shape index (κ3) is 5.74. The number of benzene rings is 2. The second-order valence-electron chi connectivity index (χ2n) is 7.72. The smallest absolute Gasteiger partial charge is 0.250 e. The van der Waals surface area contributed by atoms with Gasteiger partial charge in [0.05, 0.1) is 18.9 Å². The molecule has 1 amide bonds. The SMILES string of the molecule is Bc1cnn2c(NCc3cccc(NC(=O)COCCOC)c3)cc(-c3ccccc3Cl)nc12. The Kier molecular flexibility index (Phi) is 7.79. The third-order valence-corrected chi connectivity index (χ3v) is 5.48. The number of nitrogens with one attached hydrogen (secondary N) is 2. The quantitative estimate of drug-likeness (QED) is 0.269. The van der Waals surface area contributed by atoms with Gasteiger partial charge < -0.3 is 20.1 Å². The van der Waals surface area contributed by atoms with Gasteiger partial charge in [0.2, 0.25) is 5.91 Å². The van der Waals surface area contributed by atoms with Crippen LogP contribution in [-0.4, -0.2) is 55.3 Å². The Morgan fingerprint density at radius 1 is 1.15 bits per heavy atom. The molecule has 0 fully saturated rings. The number of amides is 1. The Morgan fingerprint density at radius 2 is 2.00 bits per heavy atom. The molecular formula is C24H25BClN5O3. The van der Waals surface area contributed by atoms with E-state index in [-0.39, 0.29) is 12.5 Å². The van der Waals surface area contributed by atoms with Gasteiger partial charge in [0.25, 0.3) is 0 Å². The molecule has 0 atom stereocenters. The third-order valence-electron chi connectivity index (χ3n) is 5.15. The maximum atomic E-state index is 12.1. The first kappa shape index (κ1) is 23.8. The first-order chi connectivity index (χ1) is 16.5. The fraction of sp³-hybridized carbons (Fsp3) is 0.208. The Balaban J connectivity index is 1.50. The normalized spacial score (nSPS) is 11.0. The first-order valence-corrected chi connectivity index (χ1v) is 11.2. The molecule has 34 heavy (non-hydrogen) atoms. The van der Waals surface area contributed by atoms with E-state index in [1.165, 1.54) is 0 Å². The zero-order valence-electron chi connectivity index (χ0n) is 19.0. The number of carbonyl (C=O) groups excluding carboxylic acids is 1. The van der Waals surface area contributed by atoms with Crippen LogP contribution in [0.1, 0.15) is 5.56 Å². The van der Waals surface area contributed by atoms with Gasteiger partial charge >= 0.3 is 0 Å². The summed E-state index contributed by atoms with van der Waals surface area (Å²) in [4.78, 5) is 16.9. The highest BCUT2D eigenvalue weighted by molar-refractivity contribution is 6.36. The molecule has 0 radical (unpaired) electrons. The number of ether oxygens (including phenoxy) is 2. The molecule has 2 heterocycles. The van der Waals surface area contributed by atoms with Crippen LogP contribution in [0.15, 0.2) is 60.8 Å². The van der Waals surface area contributed by atoms with Gasteiger partial charge in [-0.05, 0) is 29.2 Å². The highest BCUT2D eigenvalue weighted by Gasteiger charge is 2.12. The lowest BCUT2D eigenvalue weighted by Gasteiger charge is -2.13. The molecular weight excluding hydrogens is 453 g/mol. The van der Waals surface area contributed by atoms with E-state index in [4.69, 9.17) is 26.1 Å². The second kappa shape index (κ2) is 11.2. The van der Waals surface area contributed by atoms with Crippen molar-refractivity contribution in [2.45, 2.75) is 6.54 Å². The van der Waals surface area contributed by atoms with Crippen molar-refractivity contribution in [3.8, 4) is 11.3 Å². The Labute approximate surface area is 203 Å². The van der Waals surface area contributed by atoms with Crippen LogP contribution in [-0.2, 0) is 20.8 Å². The van der Waals surface area contributed by atoms with Gasteiger partial charge in [-0.15, -0.1) is 0 Å². The van der Waals surface area contributed by atoms with E-state index in [1.807, 2.05) is 62.4 Å². The summed E-state index contributed by atoms with van der Waals surface area (Å²) in [5, 5.41) is 11.4. The molecule has 2 aromatic heterocycles. The molecule has 0 bridgehead atoms. The largest absolute Gasteiger partial charge is 0.382 e. The van der Waals surface area contributed by atoms with Gasteiger partial charge in [-0.2, -0.15) is 9.61 Å². The van der Waals surface area contributed by atoms with Crippen molar-refractivity contribution in [1.29, 1.82) is 0 Å². The molecule has 0 aliphatic rings. The zero-order chi connectivity index (χ0) is 23.9. The molecule has 0 aliphatic heterocycles. The average Bonchev–Trinajstić information content (AvgIpc) is 3.21. The van der Waals surface area contributed by atoms with Crippen LogP contribution in [0, 0.1) is 0 Å². The average molecular weight is 478 g/mol. The molecule has 4 aromatic rings. The van der Waals surface area contributed by atoms with Crippen LogP contribution in [0.25, 0.3) is 16.9 Å². The highest BCUT2D eigenvalue weighted by Crippen LogP contribution is 2.28. The lowest BCUT2D eigenvalue weighted by molar-refractivity contribution is -0.121. The van der Waals surface area contributed by atoms with Gasteiger partial charge in [-0.1, -0.05) is 41.9 Å². The van der Waals surface area contributed by atoms with E-state index in [1.54, 1.807) is 17.8 Å². The van der Waals surface area contributed by atoms with E-state index in [9.17, 15) is 4.79 Å². The Morgan fingerprint density at radius 3 is 2.82 bits per heavy atom. The second-order valence-corrected chi connectivity index (χ2v) is 8.12. The number of carbonyl (C=O) groups is 1. The summed E-state index contributed by atoms with van der Waals surface area (Å²) in [5.41, 5.74) is 5.03. The van der Waals surface area contributed by atoms with E-state index < -0.39 is 0 Å². The summed E-state index contributed by atoms with van der Waals surface area (Å²) in [7, 11) is 3.56. The number of hydrogen-bond donors (Lipinski definition) is 2. The maximum absolute atomic E-state index is 12.1. The molecule has 8 nitrogen and oxygen atoms in total. The molecule has 4 rings (SSSR count). The number of fused-ring (bicyclic) bond motifs is 1. The van der Waals surface area contributed by atoms with Crippen molar-refractivity contribution >= 4 is 48.0 Å². The lowest BCUT2D eigenvalue weighted by atomic mass is 10.0. The topological polar surface area (TPSA) is 89.8 Å². The molecule has 0 unspecified atom stereocenters. The van der Waals surface area contributed by atoms with E-state index in [2.05, 4.69) is 15.7 Å². The fourth-order valence-corrected chi connectivity index (χ4v) is 3.69. The molecule has 0 saturated heterocycles. The van der Waals surface area contributed by atoms with Crippen LogP contribution in [0.5, 0.6) is 0 Å². The van der Waals surface area contributed by atoms with Crippen molar-refractivity contribution in [2.75, 3.05) is 37.6 Å². The van der Waals surface area contributed by atoms with E-state index in [0.717, 1.165) is 33.7 Å². The van der Waals surface area contributed by atoms with Gasteiger partial charge in [-0.3, -0.25) is 4.79 Å². The summed E-state index contributed by atoms with van der Waals surface area (Å²) >= 11 is 6.42. The predicted molar refractivity (Wildman–Crippen MR) is 137 cm³/mol. The van der Waals surface area contributed by atoms with Crippen molar-refractivity contribution in [1.82, 2.24) is 14.6 Å². The molecule has 10 heteroatoms. The summed E-state index contributed by atoms with van der Waals surface area (Å²) in [6.07, 6.45) is 1.79. The molecule has 2 aromatic carbocycles. The van der Waals surface area contributed by atoms with Gasteiger partial charge in [0.15, 0.2) is 5.65 Å². The minimum Gasteiger partial charge on any atom is -0.382 e. The number of nitrogens with zero attached hydrogens (tertiary/aromatic N) is 3. The van der Waals surface area contributed by atoms with Crippen LogP contribution in [0.3, 0.4) is 0 Å². The Bertz CT molecular complexity index is 1300. The fourth-order valence-electron chi connectivity index (χ4n) is 3.46. The number of rotatable bonds is 10. The molecule has 2 N–H and O–H groups in total.